The highest BCUT2D eigenvalue weighted by atomic mass is 32.2. The minimum Gasteiger partial charge on any atom is -0.297 e. The average Bonchev–Trinajstić information content (AvgIpc) is 2.76. The predicted molar refractivity (Wildman–Crippen MR) is 65.3 cm³/mol. The van der Waals surface area contributed by atoms with Crippen molar-refractivity contribution in [2.24, 2.45) is 0 Å². The summed E-state index contributed by atoms with van der Waals surface area (Å²) in [6.07, 6.45) is -3.61. The van der Waals surface area contributed by atoms with Gasteiger partial charge in [0.05, 0.1) is 14.6 Å². The van der Waals surface area contributed by atoms with Crippen molar-refractivity contribution in [2.75, 3.05) is 0 Å². The summed E-state index contributed by atoms with van der Waals surface area (Å²) in [5.74, 6) is 0. The number of aldehydes is 1. The van der Waals surface area contributed by atoms with Crippen molar-refractivity contribution in [1.29, 1.82) is 0 Å². The van der Waals surface area contributed by atoms with Crippen LogP contribution in [0.5, 0.6) is 0 Å². The molecule has 0 bridgehead atoms. The second kappa shape index (κ2) is 5.16. The van der Waals surface area contributed by atoms with Crippen LogP contribution in [-0.4, -0.2) is 6.29 Å². The molecule has 0 aliphatic rings. The molecule has 0 fully saturated rings. The Morgan fingerprint density at radius 3 is 2.56 bits per heavy atom. The molecule has 6 heteroatoms. The van der Waals surface area contributed by atoms with Gasteiger partial charge in [-0.2, -0.15) is 13.2 Å². The van der Waals surface area contributed by atoms with Crippen LogP contribution in [0.3, 0.4) is 0 Å². The third-order valence-corrected chi connectivity index (χ3v) is 4.23. The van der Waals surface area contributed by atoms with E-state index in [2.05, 4.69) is 0 Å². The molecule has 0 aliphatic carbocycles. The van der Waals surface area contributed by atoms with Crippen LogP contribution >= 0.6 is 23.1 Å². The van der Waals surface area contributed by atoms with E-state index >= 15 is 0 Å². The fourth-order valence-electron chi connectivity index (χ4n) is 1.30. The molecule has 2 rings (SSSR count). The highest BCUT2D eigenvalue weighted by Crippen LogP contribution is 2.36. The molecule has 18 heavy (non-hydrogen) atoms. The van der Waals surface area contributed by atoms with Crippen molar-refractivity contribution < 1.29 is 18.0 Å². The first-order chi connectivity index (χ1) is 8.49. The molecule has 0 saturated carbocycles. The largest absolute Gasteiger partial charge is 0.416 e. The first kappa shape index (κ1) is 13.2. The normalized spacial score (nSPS) is 11.5. The summed E-state index contributed by atoms with van der Waals surface area (Å²) in [7, 11) is 0. The van der Waals surface area contributed by atoms with Crippen LogP contribution in [0, 0.1) is 0 Å². The zero-order valence-electron chi connectivity index (χ0n) is 8.90. The molecule has 2 aromatic rings. The summed E-state index contributed by atoms with van der Waals surface area (Å²) < 4.78 is 38.3. The lowest BCUT2D eigenvalue weighted by Gasteiger charge is -2.07. The first-order valence-electron chi connectivity index (χ1n) is 4.89. The minimum absolute atomic E-state index is 0.504. The van der Waals surface area contributed by atoms with Gasteiger partial charge in [0, 0.05) is 4.90 Å². The Bertz CT molecular complexity index is 560. The van der Waals surface area contributed by atoms with Gasteiger partial charge in [0.25, 0.3) is 0 Å². The van der Waals surface area contributed by atoms with E-state index in [0.717, 1.165) is 22.6 Å². The fraction of sp³-hybridized carbons (Fsp3) is 0.0833. The monoisotopic (exact) mass is 288 g/mol. The SMILES string of the molecule is O=Cc1ccc(Sc2cccc(C(F)(F)F)c2)s1. The Labute approximate surface area is 110 Å². The van der Waals surface area contributed by atoms with Crippen molar-refractivity contribution in [2.45, 2.75) is 15.3 Å². The number of benzene rings is 1. The Kier molecular flexibility index (Phi) is 3.77. The van der Waals surface area contributed by atoms with Crippen molar-refractivity contribution in [3.05, 3.63) is 46.8 Å². The summed E-state index contributed by atoms with van der Waals surface area (Å²) in [6.45, 7) is 0. The molecule has 0 spiro atoms. The molecule has 0 aliphatic heterocycles. The molecule has 0 atom stereocenters. The van der Waals surface area contributed by atoms with E-state index in [1.54, 1.807) is 18.2 Å². The van der Waals surface area contributed by atoms with Crippen LogP contribution in [0.25, 0.3) is 0 Å². The van der Waals surface area contributed by atoms with Gasteiger partial charge in [-0.1, -0.05) is 17.8 Å². The fourth-order valence-corrected chi connectivity index (χ4v) is 3.30. The van der Waals surface area contributed by atoms with Gasteiger partial charge in [-0.05, 0) is 30.3 Å². The van der Waals surface area contributed by atoms with Crippen LogP contribution in [0.2, 0.25) is 0 Å². The predicted octanol–water partition coefficient (Wildman–Crippen LogP) is 4.73. The third-order valence-electron chi connectivity index (χ3n) is 2.10. The molecule has 0 amide bonds. The molecule has 94 valence electrons. The van der Waals surface area contributed by atoms with Gasteiger partial charge in [0.1, 0.15) is 0 Å². The number of carbonyl (C=O) groups is 1. The lowest BCUT2D eigenvalue weighted by Crippen LogP contribution is -2.04. The molecule has 1 nitrogen and oxygen atoms in total. The van der Waals surface area contributed by atoms with Crippen LogP contribution in [0.15, 0.2) is 45.5 Å². The van der Waals surface area contributed by atoms with Crippen LogP contribution in [0.4, 0.5) is 13.2 Å². The Morgan fingerprint density at radius 1 is 1.17 bits per heavy atom. The number of rotatable bonds is 3. The third kappa shape index (κ3) is 3.14. The quantitative estimate of drug-likeness (QED) is 0.759. The number of thiophene rings is 1. The van der Waals surface area contributed by atoms with E-state index in [4.69, 9.17) is 0 Å². The van der Waals surface area contributed by atoms with Crippen molar-refractivity contribution in [1.82, 2.24) is 0 Å². The maximum atomic E-state index is 12.5. The van der Waals surface area contributed by atoms with Gasteiger partial charge in [0.2, 0.25) is 0 Å². The van der Waals surface area contributed by atoms with Gasteiger partial charge in [-0.25, -0.2) is 0 Å². The van der Waals surface area contributed by atoms with Crippen LogP contribution in [0.1, 0.15) is 15.2 Å². The van der Waals surface area contributed by atoms with Gasteiger partial charge in [0.15, 0.2) is 6.29 Å². The van der Waals surface area contributed by atoms with E-state index in [1.807, 2.05) is 0 Å². The average molecular weight is 288 g/mol. The second-order valence-corrected chi connectivity index (χ2v) is 5.89. The smallest absolute Gasteiger partial charge is 0.297 e. The van der Waals surface area contributed by atoms with E-state index in [9.17, 15) is 18.0 Å². The highest BCUT2D eigenvalue weighted by molar-refractivity contribution is 8.01. The van der Waals surface area contributed by atoms with Crippen LogP contribution in [-0.2, 0) is 6.18 Å². The summed E-state index contributed by atoms with van der Waals surface area (Å²) in [6, 6.07) is 8.49. The number of hydrogen-bond acceptors (Lipinski definition) is 3. The number of carbonyl (C=O) groups excluding carboxylic acids is 1. The number of halogens is 3. The second-order valence-electron chi connectivity index (χ2n) is 3.40. The van der Waals surface area contributed by atoms with Crippen molar-refractivity contribution >= 4 is 29.4 Å². The van der Waals surface area contributed by atoms with E-state index in [-0.39, 0.29) is 0 Å². The zero-order chi connectivity index (χ0) is 13.2. The van der Waals surface area contributed by atoms with Crippen molar-refractivity contribution in [3.8, 4) is 0 Å². The Hall–Kier alpha value is -1.27. The molecule has 1 heterocycles. The minimum atomic E-state index is -4.33. The lowest BCUT2D eigenvalue weighted by atomic mass is 10.2. The number of alkyl halides is 3. The summed E-state index contributed by atoms with van der Waals surface area (Å²) in [4.78, 5) is 11.6. The molecule has 0 unspecified atom stereocenters. The molecular formula is C12H7F3OS2. The van der Waals surface area contributed by atoms with E-state index in [1.165, 1.54) is 29.2 Å². The Balaban J connectivity index is 2.21. The summed E-state index contributed by atoms with van der Waals surface area (Å²) in [5, 5.41) is 0. The standard InChI is InChI=1S/C12H7F3OS2/c13-12(14,15)8-2-1-3-9(6-8)17-11-5-4-10(7-16)18-11/h1-7H. The summed E-state index contributed by atoms with van der Waals surface area (Å²) >= 11 is 2.47. The molecule has 1 aromatic heterocycles. The van der Waals surface area contributed by atoms with Crippen LogP contribution < -0.4 is 0 Å². The van der Waals surface area contributed by atoms with E-state index in [0.29, 0.717) is 9.77 Å². The molecule has 0 saturated heterocycles. The zero-order valence-corrected chi connectivity index (χ0v) is 10.5. The summed E-state index contributed by atoms with van der Waals surface area (Å²) in [5.41, 5.74) is -0.667. The van der Waals surface area contributed by atoms with Gasteiger partial charge < -0.3 is 0 Å². The molecule has 0 N–H and O–H groups in total. The van der Waals surface area contributed by atoms with E-state index < -0.39 is 11.7 Å². The first-order valence-corrected chi connectivity index (χ1v) is 6.52. The maximum Gasteiger partial charge on any atom is 0.416 e. The highest BCUT2D eigenvalue weighted by Gasteiger charge is 2.30. The maximum absolute atomic E-state index is 12.5. The van der Waals surface area contributed by atoms with Gasteiger partial charge >= 0.3 is 6.18 Å². The Morgan fingerprint density at radius 2 is 1.94 bits per heavy atom. The van der Waals surface area contributed by atoms with Crippen molar-refractivity contribution in [3.63, 3.8) is 0 Å². The van der Waals surface area contributed by atoms with Gasteiger partial charge in [-0.15, -0.1) is 11.3 Å². The molecule has 0 radical (unpaired) electrons. The topological polar surface area (TPSA) is 17.1 Å². The lowest BCUT2D eigenvalue weighted by molar-refractivity contribution is -0.137. The number of hydrogen-bond donors (Lipinski definition) is 0. The molecule has 1 aromatic carbocycles. The molecular weight excluding hydrogens is 281 g/mol. The van der Waals surface area contributed by atoms with Gasteiger partial charge in [-0.3, -0.25) is 4.79 Å².